The van der Waals surface area contributed by atoms with Gasteiger partial charge in [0.25, 0.3) is 0 Å². The molecule has 5 nitrogen and oxygen atoms in total. The Bertz CT molecular complexity index is 265. The lowest BCUT2D eigenvalue weighted by Gasteiger charge is -2.22. The zero-order valence-corrected chi connectivity index (χ0v) is 11.2. The average molecular weight is 259 g/mol. The van der Waals surface area contributed by atoms with E-state index in [1.165, 1.54) is 0 Å². The molecule has 1 heterocycles. The van der Waals surface area contributed by atoms with Crippen molar-refractivity contribution in [1.82, 2.24) is 16.0 Å². The number of carbonyl (C=O) groups is 2. The van der Waals surface area contributed by atoms with Crippen LogP contribution in [-0.4, -0.2) is 49.0 Å². The Morgan fingerprint density at radius 3 is 2.65 bits per heavy atom. The Morgan fingerprint density at radius 2 is 2.06 bits per heavy atom. The predicted molar refractivity (Wildman–Crippen MR) is 70.0 cm³/mol. The van der Waals surface area contributed by atoms with E-state index < -0.39 is 0 Å². The Labute approximate surface area is 106 Å². The van der Waals surface area contributed by atoms with Crippen molar-refractivity contribution in [2.45, 2.75) is 19.9 Å². The van der Waals surface area contributed by atoms with Crippen molar-refractivity contribution in [3.8, 4) is 0 Å². The van der Waals surface area contributed by atoms with Gasteiger partial charge in [-0.15, -0.1) is 0 Å². The zero-order chi connectivity index (χ0) is 12.7. The Morgan fingerprint density at radius 1 is 1.35 bits per heavy atom. The van der Waals surface area contributed by atoms with Crippen LogP contribution < -0.4 is 16.0 Å². The fourth-order valence-electron chi connectivity index (χ4n) is 1.43. The van der Waals surface area contributed by atoms with E-state index in [0.717, 1.165) is 18.1 Å². The highest BCUT2D eigenvalue weighted by atomic mass is 32.2. The molecule has 1 unspecified atom stereocenters. The number of amides is 2. The van der Waals surface area contributed by atoms with Gasteiger partial charge in [-0.2, -0.15) is 11.8 Å². The predicted octanol–water partition coefficient (Wildman–Crippen LogP) is -0.420. The van der Waals surface area contributed by atoms with Gasteiger partial charge in [0, 0.05) is 37.1 Å². The summed E-state index contributed by atoms with van der Waals surface area (Å²) in [6.07, 6.45) is 0. The highest BCUT2D eigenvalue weighted by molar-refractivity contribution is 7.99. The van der Waals surface area contributed by atoms with E-state index in [9.17, 15) is 9.59 Å². The molecule has 0 aromatic carbocycles. The Hall–Kier alpha value is -0.750. The van der Waals surface area contributed by atoms with Crippen molar-refractivity contribution in [3.63, 3.8) is 0 Å². The van der Waals surface area contributed by atoms with E-state index in [0.29, 0.717) is 13.1 Å². The molecule has 0 radical (unpaired) electrons. The maximum atomic E-state index is 11.7. The normalized spacial score (nSPS) is 20.1. The van der Waals surface area contributed by atoms with Crippen molar-refractivity contribution in [1.29, 1.82) is 0 Å². The monoisotopic (exact) mass is 259 g/mol. The molecular weight excluding hydrogens is 238 g/mol. The minimum Gasteiger partial charge on any atom is -0.354 e. The molecule has 3 N–H and O–H groups in total. The molecule has 0 bridgehead atoms. The first kappa shape index (κ1) is 14.3. The maximum absolute atomic E-state index is 11.7. The summed E-state index contributed by atoms with van der Waals surface area (Å²) in [5, 5.41) is 8.74. The van der Waals surface area contributed by atoms with Gasteiger partial charge in [0.1, 0.15) is 0 Å². The van der Waals surface area contributed by atoms with E-state index in [2.05, 4.69) is 16.0 Å². The molecule has 0 aromatic rings. The lowest BCUT2D eigenvalue weighted by molar-refractivity contribution is -0.125. The van der Waals surface area contributed by atoms with Crippen LogP contribution in [0.5, 0.6) is 0 Å². The summed E-state index contributed by atoms with van der Waals surface area (Å²) in [5.41, 5.74) is 0. The van der Waals surface area contributed by atoms with Gasteiger partial charge in [0.15, 0.2) is 0 Å². The van der Waals surface area contributed by atoms with Crippen molar-refractivity contribution < 1.29 is 9.59 Å². The average Bonchev–Trinajstić information content (AvgIpc) is 2.35. The van der Waals surface area contributed by atoms with Crippen molar-refractivity contribution >= 4 is 23.6 Å². The van der Waals surface area contributed by atoms with Crippen LogP contribution in [0.3, 0.4) is 0 Å². The molecule has 1 atom stereocenters. The number of rotatable bonds is 5. The van der Waals surface area contributed by atoms with Gasteiger partial charge in [-0.1, -0.05) is 13.8 Å². The molecule has 0 aromatic heterocycles. The lowest BCUT2D eigenvalue weighted by atomic mass is 10.2. The van der Waals surface area contributed by atoms with E-state index in [-0.39, 0.29) is 23.8 Å². The summed E-state index contributed by atoms with van der Waals surface area (Å²) in [4.78, 5) is 22.9. The summed E-state index contributed by atoms with van der Waals surface area (Å²) in [5.74, 6) is 1.92. The van der Waals surface area contributed by atoms with E-state index >= 15 is 0 Å². The Balaban J connectivity index is 2.09. The molecule has 1 aliphatic heterocycles. The number of hydrogen-bond donors (Lipinski definition) is 3. The first-order valence-corrected chi connectivity index (χ1v) is 7.13. The summed E-state index contributed by atoms with van der Waals surface area (Å²) in [7, 11) is 0. The summed E-state index contributed by atoms with van der Waals surface area (Å²) in [6, 6.07) is -0.0884. The summed E-state index contributed by atoms with van der Waals surface area (Å²) in [6.45, 7) is 5.55. The molecule has 6 heteroatoms. The molecular formula is C11H21N3O2S. The van der Waals surface area contributed by atoms with Gasteiger partial charge in [-0.05, 0) is 0 Å². The second-order valence-corrected chi connectivity index (χ2v) is 5.47. The first-order chi connectivity index (χ1) is 8.11. The third-order valence-corrected chi connectivity index (χ3v) is 3.55. The van der Waals surface area contributed by atoms with Gasteiger partial charge >= 0.3 is 0 Å². The van der Waals surface area contributed by atoms with Crippen LogP contribution in [0.4, 0.5) is 0 Å². The van der Waals surface area contributed by atoms with Crippen molar-refractivity contribution in [2.24, 2.45) is 5.92 Å². The van der Waals surface area contributed by atoms with Crippen molar-refractivity contribution in [2.75, 3.05) is 31.1 Å². The highest BCUT2D eigenvalue weighted by Crippen LogP contribution is 2.07. The topological polar surface area (TPSA) is 70.2 Å². The molecule has 0 saturated carbocycles. The quantitative estimate of drug-likeness (QED) is 0.587. The van der Waals surface area contributed by atoms with Gasteiger partial charge in [-0.3, -0.25) is 9.59 Å². The van der Waals surface area contributed by atoms with E-state index in [4.69, 9.17) is 0 Å². The smallest absolute Gasteiger partial charge is 0.238 e. The minimum absolute atomic E-state index is 0.0119. The number of hydrogen-bond acceptors (Lipinski definition) is 4. The Kier molecular flexibility index (Phi) is 6.36. The van der Waals surface area contributed by atoms with Gasteiger partial charge in [-0.25, -0.2) is 0 Å². The fraction of sp³-hybridized carbons (Fsp3) is 0.818. The number of nitrogens with one attached hydrogen (secondary N) is 3. The van der Waals surface area contributed by atoms with Crippen LogP contribution >= 0.6 is 11.8 Å². The molecule has 2 amide bonds. The number of thioether (sulfide) groups is 1. The molecule has 1 rings (SSSR count). The molecule has 0 aliphatic carbocycles. The third kappa shape index (κ3) is 5.41. The molecule has 0 spiro atoms. The van der Waals surface area contributed by atoms with Crippen LogP contribution in [0.15, 0.2) is 0 Å². The van der Waals surface area contributed by atoms with Crippen LogP contribution in [-0.2, 0) is 9.59 Å². The molecule has 17 heavy (non-hydrogen) atoms. The van der Waals surface area contributed by atoms with Crippen molar-refractivity contribution in [3.05, 3.63) is 0 Å². The third-order valence-electron chi connectivity index (χ3n) is 2.49. The van der Waals surface area contributed by atoms with Crippen LogP contribution in [0.1, 0.15) is 13.8 Å². The van der Waals surface area contributed by atoms with Gasteiger partial charge in [0.2, 0.25) is 11.8 Å². The summed E-state index contributed by atoms with van der Waals surface area (Å²) >= 11 is 1.79. The van der Waals surface area contributed by atoms with Crippen LogP contribution in [0.2, 0.25) is 0 Å². The lowest BCUT2D eigenvalue weighted by Crippen LogP contribution is -2.50. The molecule has 98 valence electrons. The first-order valence-electron chi connectivity index (χ1n) is 5.98. The van der Waals surface area contributed by atoms with E-state index in [1.54, 1.807) is 11.8 Å². The fourth-order valence-corrected chi connectivity index (χ4v) is 2.37. The van der Waals surface area contributed by atoms with Gasteiger partial charge < -0.3 is 16.0 Å². The molecule has 1 fully saturated rings. The number of carbonyl (C=O) groups excluding carboxylic acids is 2. The SMILES string of the molecule is CC(C)C(=O)NCCNC(=O)C1CSCCN1. The minimum atomic E-state index is -0.0884. The maximum Gasteiger partial charge on any atom is 0.238 e. The van der Waals surface area contributed by atoms with E-state index in [1.807, 2.05) is 13.8 Å². The summed E-state index contributed by atoms with van der Waals surface area (Å²) < 4.78 is 0. The second kappa shape index (κ2) is 7.55. The van der Waals surface area contributed by atoms with Crippen LogP contribution in [0.25, 0.3) is 0 Å². The zero-order valence-electron chi connectivity index (χ0n) is 10.4. The van der Waals surface area contributed by atoms with Gasteiger partial charge in [0.05, 0.1) is 6.04 Å². The van der Waals surface area contributed by atoms with Crippen LogP contribution in [0, 0.1) is 5.92 Å². The highest BCUT2D eigenvalue weighted by Gasteiger charge is 2.20. The largest absolute Gasteiger partial charge is 0.354 e. The second-order valence-electron chi connectivity index (χ2n) is 4.32. The standard InChI is InChI=1S/C11H21N3O2S/c1-8(2)10(15)13-3-4-14-11(16)9-7-17-6-5-12-9/h8-9,12H,3-7H2,1-2H3,(H,13,15)(H,14,16). The molecule has 1 aliphatic rings. The molecule has 1 saturated heterocycles.